The predicted octanol–water partition coefficient (Wildman–Crippen LogP) is 5.53. The van der Waals surface area contributed by atoms with Gasteiger partial charge in [0, 0.05) is 23.2 Å². The summed E-state index contributed by atoms with van der Waals surface area (Å²) >= 11 is 3.33. The van der Waals surface area contributed by atoms with Crippen LogP contribution in [0.1, 0.15) is 37.7 Å². The highest BCUT2D eigenvalue weighted by molar-refractivity contribution is 7.98. The highest BCUT2D eigenvalue weighted by Crippen LogP contribution is 2.34. The third kappa shape index (κ3) is 4.17. The molecule has 1 saturated carbocycles. The molecule has 1 aromatic carbocycles. The van der Waals surface area contributed by atoms with Gasteiger partial charge in [-0.25, -0.2) is 4.98 Å². The molecule has 3 aromatic rings. The highest BCUT2D eigenvalue weighted by atomic mass is 32.2. The van der Waals surface area contributed by atoms with Crippen molar-refractivity contribution in [1.82, 2.24) is 9.97 Å². The number of rotatable bonds is 5. The first-order valence-electron chi connectivity index (χ1n) is 9.39. The average molecular weight is 398 g/mol. The Labute approximate surface area is 168 Å². The van der Waals surface area contributed by atoms with Crippen LogP contribution in [0.25, 0.3) is 10.2 Å². The first-order chi connectivity index (χ1) is 13.2. The summed E-state index contributed by atoms with van der Waals surface area (Å²) in [6, 6.07) is 10.2. The fourth-order valence-corrected chi connectivity index (χ4v) is 5.14. The van der Waals surface area contributed by atoms with Gasteiger partial charge in [-0.2, -0.15) is 0 Å². The Bertz CT molecular complexity index is 920. The Morgan fingerprint density at radius 1 is 1.26 bits per heavy atom. The second-order valence-electron chi connectivity index (χ2n) is 6.95. The van der Waals surface area contributed by atoms with E-state index in [1.54, 1.807) is 29.3 Å². The molecule has 0 atom stereocenters. The SMILES string of the molecule is CSc1ccc2nc(N(Cc3cccnc3)C(=O)C3CCCCC3)sc2c1. The van der Waals surface area contributed by atoms with Gasteiger partial charge < -0.3 is 0 Å². The molecule has 140 valence electrons. The van der Waals surface area contributed by atoms with Crippen LogP contribution in [0, 0.1) is 5.92 Å². The summed E-state index contributed by atoms with van der Waals surface area (Å²) in [5, 5.41) is 0.794. The van der Waals surface area contributed by atoms with E-state index in [9.17, 15) is 4.79 Å². The fraction of sp³-hybridized carbons (Fsp3) is 0.381. The number of hydrogen-bond donors (Lipinski definition) is 0. The van der Waals surface area contributed by atoms with E-state index in [0.29, 0.717) is 6.54 Å². The number of fused-ring (bicyclic) bond motifs is 1. The molecule has 0 spiro atoms. The first-order valence-corrected chi connectivity index (χ1v) is 11.4. The molecule has 1 fully saturated rings. The van der Waals surface area contributed by atoms with Gasteiger partial charge in [0.1, 0.15) is 0 Å². The van der Waals surface area contributed by atoms with Crippen LogP contribution in [-0.4, -0.2) is 22.1 Å². The van der Waals surface area contributed by atoms with E-state index in [4.69, 9.17) is 4.98 Å². The highest BCUT2D eigenvalue weighted by Gasteiger charge is 2.29. The minimum absolute atomic E-state index is 0.115. The molecular weight excluding hydrogens is 374 g/mol. The smallest absolute Gasteiger partial charge is 0.232 e. The number of aromatic nitrogens is 2. The first kappa shape index (κ1) is 18.4. The van der Waals surface area contributed by atoms with Crippen molar-refractivity contribution in [1.29, 1.82) is 0 Å². The summed E-state index contributed by atoms with van der Waals surface area (Å²) in [5.74, 6) is 0.326. The molecule has 0 bridgehead atoms. The lowest BCUT2D eigenvalue weighted by atomic mass is 9.88. The van der Waals surface area contributed by atoms with Gasteiger partial charge in [0.25, 0.3) is 0 Å². The number of nitrogens with zero attached hydrogens (tertiary/aromatic N) is 3. The Kier molecular flexibility index (Phi) is 5.74. The van der Waals surface area contributed by atoms with Crippen molar-refractivity contribution in [3.05, 3.63) is 48.3 Å². The summed E-state index contributed by atoms with van der Waals surface area (Å²) in [6.45, 7) is 0.526. The maximum atomic E-state index is 13.4. The molecule has 6 heteroatoms. The van der Waals surface area contributed by atoms with Gasteiger partial charge in [0.05, 0.1) is 16.8 Å². The zero-order valence-corrected chi connectivity index (χ0v) is 17.1. The van der Waals surface area contributed by atoms with Crippen LogP contribution in [0.4, 0.5) is 5.13 Å². The Balaban J connectivity index is 1.69. The van der Waals surface area contributed by atoms with E-state index in [1.165, 1.54) is 11.3 Å². The topological polar surface area (TPSA) is 46.1 Å². The summed E-state index contributed by atoms with van der Waals surface area (Å²) in [7, 11) is 0. The van der Waals surface area contributed by atoms with E-state index in [1.807, 2.05) is 23.2 Å². The number of thiazole rings is 1. The molecule has 0 saturated heterocycles. The number of carbonyl (C=O) groups excluding carboxylic acids is 1. The van der Waals surface area contributed by atoms with Crippen molar-refractivity contribution < 1.29 is 4.79 Å². The van der Waals surface area contributed by atoms with E-state index >= 15 is 0 Å². The number of amides is 1. The normalized spacial score (nSPS) is 15.1. The van der Waals surface area contributed by atoms with Crippen molar-refractivity contribution in [2.45, 2.75) is 43.5 Å². The minimum Gasteiger partial charge on any atom is -0.283 e. The third-order valence-electron chi connectivity index (χ3n) is 5.10. The van der Waals surface area contributed by atoms with Gasteiger partial charge in [0.15, 0.2) is 5.13 Å². The number of hydrogen-bond acceptors (Lipinski definition) is 5. The molecule has 1 aliphatic carbocycles. The molecular formula is C21H23N3OS2. The number of pyridine rings is 1. The maximum absolute atomic E-state index is 13.4. The van der Waals surface area contributed by atoms with Gasteiger partial charge in [-0.05, 0) is 48.9 Å². The van der Waals surface area contributed by atoms with Crippen molar-refractivity contribution in [3.8, 4) is 0 Å². The summed E-state index contributed by atoms with van der Waals surface area (Å²) in [6.07, 6.45) is 11.2. The Morgan fingerprint density at radius 3 is 2.85 bits per heavy atom. The van der Waals surface area contributed by atoms with Gasteiger partial charge in [-0.15, -0.1) is 11.8 Å². The monoisotopic (exact) mass is 397 g/mol. The second kappa shape index (κ2) is 8.40. The number of thioether (sulfide) groups is 1. The molecule has 4 rings (SSSR count). The number of carbonyl (C=O) groups is 1. The Hall–Kier alpha value is -1.92. The van der Waals surface area contributed by atoms with Crippen LogP contribution in [0.15, 0.2) is 47.6 Å². The molecule has 0 aliphatic heterocycles. The summed E-state index contributed by atoms with van der Waals surface area (Å²) in [4.78, 5) is 25.5. The lowest BCUT2D eigenvalue weighted by Gasteiger charge is -2.27. The van der Waals surface area contributed by atoms with Crippen LogP contribution in [0.5, 0.6) is 0 Å². The largest absolute Gasteiger partial charge is 0.283 e. The summed E-state index contributed by atoms with van der Waals surface area (Å²) < 4.78 is 1.13. The average Bonchev–Trinajstić information content (AvgIpc) is 3.15. The quantitative estimate of drug-likeness (QED) is 0.531. The van der Waals surface area contributed by atoms with E-state index < -0.39 is 0 Å². The van der Waals surface area contributed by atoms with Crippen LogP contribution >= 0.6 is 23.1 Å². The van der Waals surface area contributed by atoms with E-state index in [-0.39, 0.29) is 11.8 Å². The van der Waals surface area contributed by atoms with Crippen molar-refractivity contribution in [3.63, 3.8) is 0 Å². The van der Waals surface area contributed by atoms with Crippen LogP contribution in [0.2, 0.25) is 0 Å². The zero-order valence-electron chi connectivity index (χ0n) is 15.4. The van der Waals surface area contributed by atoms with Gasteiger partial charge in [-0.1, -0.05) is 36.7 Å². The maximum Gasteiger partial charge on any atom is 0.232 e. The molecule has 27 heavy (non-hydrogen) atoms. The third-order valence-corrected chi connectivity index (χ3v) is 6.87. The van der Waals surface area contributed by atoms with Gasteiger partial charge in [0.2, 0.25) is 5.91 Å². The molecule has 0 N–H and O–H groups in total. The fourth-order valence-electron chi connectivity index (χ4n) is 3.62. The van der Waals surface area contributed by atoms with E-state index in [2.05, 4.69) is 29.4 Å². The molecule has 0 radical (unpaired) electrons. The summed E-state index contributed by atoms with van der Waals surface area (Å²) in [5.41, 5.74) is 1.99. The minimum atomic E-state index is 0.115. The number of benzene rings is 1. The van der Waals surface area contributed by atoms with Crippen LogP contribution < -0.4 is 4.90 Å². The second-order valence-corrected chi connectivity index (χ2v) is 8.84. The molecule has 2 heterocycles. The molecule has 0 unspecified atom stereocenters. The Morgan fingerprint density at radius 2 is 2.11 bits per heavy atom. The van der Waals surface area contributed by atoms with Crippen molar-refractivity contribution in [2.24, 2.45) is 5.92 Å². The molecule has 1 amide bonds. The molecule has 1 aliphatic rings. The lowest BCUT2D eigenvalue weighted by Crippen LogP contribution is -2.36. The standard InChI is InChI=1S/C21H23N3OS2/c1-26-17-9-10-18-19(12-17)27-21(23-18)24(14-15-6-5-11-22-13-15)20(25)16-7-3-2-4-8-16/h5-6,9-13,16H,2-4,7-8,14H2,1H3. The molecule has 2 aromatic heterocycles. The van der Waals surface area contributed by atoms with Gasteiger partial charge in [-0.3, -0.25) is 14.7 Å². The van der Waals surface area contributed by atoms with Crippen LogP contribution in [0.3, 0.4) is 0 Å². The van der Waals surface area contributed by atoms with E-state index in [0.717, 1.165) is 46.6 Å². The molecule has 4 nitrogen and oxygen atoms in total. The predicted molar refractivity (Wildman–Crippen MR) is 113 cm³/mol. The van der Waals surface area contributed by atoms with Crippen molar-refractivity contribution in [2.75, 3.05) is 11.2 Å². The van der Waals surface area contributed by atoms with Crippen molar-refractivity contribution >= 4 is 44.4 Å². The lowest BCUT2D eigenvalue weighted by molar-refractivity contribution is -0.123. The number of anilines is 1. The van der Waals surface area contributed by atoms with Gasteiger partial charge >= 0.3 is 0 Å². The van der Waals surface area contributed by atoms with Crippen LogP contribution in [-0.2, 0) is 11.3 Å². The zero-order chi connectivity index (χ0) is 18.6.